The van der Waals surface area contributed by atoms with Crippen LogP contribution in [0.5, 0.6) is 0 Å². The number of aliphatic hydroxyl groups is 1. The van der Waals surface area contributed by atoms with Crippen molar-refractivity contribution in [1.82, 2.24) is 9.88 Å². The van der Waals surface area contributed by atoms with Gasteiger partial charge in [0.1, 0.15) is 0 Å². The van der Waals surface area contributed by atoms with Gasteiger partial charge in [0.15, 0.2) is 5.58 Å². The van der Waals surface area contributed by atoms with E-state index in [2.05, 4.69) is 5.32 Å². The van der Waals surface area contributed by atoms with Crippen LogP contribution in [0.25, 0.3) is 11.1 Å². The average Bonchev–Trinajstić information content (AvgIpc) is 2.73. The number of aliphatic hydroxyl groups excluding tert-OH is 1. The number of carbonyl (C=O) groups excluding carboxylic acids is 1. The molecule has 0 saturated heterocycles. The quantitative estimate of drug-likeness (QED) is 0.845. The summed E-state index contributed by atoms with van der Waals surface area (Å²) in [6, 6.07) is 5.11. The minimum absolute atomic E-state index is 0.0410. The van der Waals surface area contributed by atoms with E-state index >= 15 is 0 Å². The first-order valence-corrected chi connectivity index (χ1v) is 8.12. The number of nitrogens with zero attached hydrogens (tertiary/aromatic N) is 1. The van der Waals surface area contributed by atoms with Gasteiger partial charge in [-0.15, -0.1) is 0 Å². The van der Waals surface area contributed by atoms with Crippen LogP contribution in [0, 0.1) is 5.92 Å². The molecule has 2 aromatic rings. The lowest BCUT2D eigenvalue weighted by Crippen LogP contribution is -2.41. The molecule has 0 aliphatic heterocycles. The number of aryl methyl sites for hydroxylation is 1. The second-order valence-electron chi connectivity index (χ2n) is 6.24. The molecule has 0 bridgehead atoms. The number of carbonyl (C=O) groups is 1. The van der Waals surface area contributed by atoms with Crippen LogP contribution in [-0.2, 0) is 7.05 Å². The van der Waals surface area contributed by atoms with Crippen LogP contribution in [0.15, 0.2) is 27.4 Å². The molecule has 1 aromatic carbocycles. The zero-order chi connectivity index (χ0) is 16.4. The highest BCUT2D eigenvalue weighted by atomic mass is 16.4. The Kier molecular flexibility index (Phi) is 4.52. The van der Waals surface area contributed by atoms with E-state index in [1.165, 1.54) is 4.57 Å². The summed E-state index contributed by atoms with van der Waals surface area (Å²) in [5.74, 6) is -0.651. The molecule has 2 unspecified atom stereocenters. The summed E-state index contributed by atoms with van der Waals surface area (Å²) < 4.78 is 6.60. The Morgan fingerprint density at radius 2 is 2.13 bits per heavy atom. The number of hydrogen-bond acceptors (Lipinski definition) is 4. The van der Waals surface area contributed by atoms with Crippen LogP contribution in [0.1, 0.15) is 42.5 Å². The predicted octanol–water partition coefficient (Wildman–Crippen LogP) is 1.80. The van der Waals surface area contributed by atoms with E-state index in [-0.39, 0.29) is 24.5 Å². The topological polar surface area (TPSA) is 84.5 Å². The van der Waals surface area contributed by atoms with Crippen molar-refractivity contribution >= 4 is 17.0 Å². The van der Waals surface area contributed by atoms with Gasteiger partial charge in [0.05, 0.1) is 11.1 Å². The molecular weight excluding hydrogens is 296 g/mol. The highest BCUT2D eigenvalue weighted by Gasteiger charge is 2.26. The summed E-state index contributed by atoms with van der Waals surface area (Å²) in [5.41, 5.74) is 1.27. The highest BCUT2D eigenvalue weighted by molar-refractivity contribution is 6.04. The zero-order valence-corrected chi connectivity index (χ0v) is 13.2. The van der Waals surface area contributed by atoms with Crippen molar-refractivity contribution < 1.29 is 14.3 Å². The molecule has 1 heterocycles. The standard InChI is InChI=1S/C17H22N2O4/c1-19-14-9-5-7-12(15(14)23-17(19)22)16(21)18-13-8-4-2-3-6-11(13)10-20/h5,7,9,11,13,20H,2-4,6,8,10H2,1H3,(H,18,21). The Morgan fingerprint density at radius 1 is 1.35 bits per heavy atom. The molecule has 2 atom stereocenters. The van der Waals surface area contributed by atoms with Crippen molar-refractivity contribution in [2.75, 3.05) is 6.61 Å². The molecule has 6 nitrogen and oxygen atoms in total. The fourth-order valence-electron chi connectivity index (χ4n) is 3.37. The second kappa shape index (κ2) is 6.58. The van der Waals surface area contributed by atoms with E-state index < -0.39 is 5.76 Å². The van der Waals surface area contributed by atoms with Gasteiger partial charge in [0.25, 0.3) is 5.91 Å². The van der Waals surface area contributed by atoms with Crippen LogP contribution in [-0.4, -0.2) is 28.2 Å². The number of para-hydroxylation sites is 1. The molecule has 0 spiro atoms. The number of amides is 1. The van der Waals surface area contributed by atoms with Gasteiger partial charge in [-0.25, -0.2) is 4.79 Å². The maximum absolute atomic E-state index is 12.7. The minimum Gasteiger partial charge on any atom is -0.407 e. The molecule has 124 valence electrons. The molecule has 1 fully saturated rings. The maximum atomic E-state index is 12.7. The number of hydrogen-bond donors (Lipinski definition) is 2. The SMILES string of the molecule is Cn1c(=O)oc2c(C(=O)NC3CCCCCC3CO)cccc21. The number of oxazole rings is 1. The lowest BCUT2D eigenvalue weighted by molar-refractivity contribution is 0.0900. The van der Waals surface area contributed by atoms with E-state index in [4.69, 9.17) is 4.42 Å². The Morgan fingerprint density at radius 3 is 2.91 bits per heavy atom. The summed E-state index contributed by atoms with van der Waals surface area (Å²) in [6.07, 6.45) is 5.05. The van der Waals surface area contributed by atoms with Gasteiger partial charge >= 0.3 is 5.76 Å². The highest BCUT2D eigenvalue weighted by Crippen LogP contribution is 2.24. The van der Waals surface area contributed by atoms with Gasteiger partial charge in [-0.3, -0.25) is 9.36 Å². The van der Waals surface area contributed by atoms with E-state index in [1.807, 2.05) is 0 Å². The number of fused-ring (bicyclic) bond motifs is 1. The van der Waals surface area contributed by atoms with Crippen LogP contribution in [0.4, 0.5) is 0 Å². The Labute approximate surface area is 134 Å². The van der Waals surface area contributed by atoms with Crippen LogP contribution in [0.3, 0.4) is 0 Å². The van der Waals surface area contributed by atoms with Gasteiger partial charge in [-0.1, -0.05) is 25.3 Å². The molecule has 1 amide bonds. The fraction of sp³-hybridized carbons (Fsp3) is 0.529. The normalized spacial score (nSPS) is 22.0. The third kappa shape index (κ3) is 3.03. The molecule has 6 heteroatoms. The number of nitrogens with one attached hydrogen (secondary N) is 1. The van der Waals surface area contributed by atoms with E-state index in [0.29, 0.717) is 16.7 Å². The lowest BCUT2D eigenvalue weighted by atomic mass is 9.95. The van der Waals surface area contributed by atoms with E-state index in [0.717, 1.165) is 32.1 Å². The average molecular weight is 318 g/mol. The van der Waals surface area contributed by atoms with Crippen molar-refractivity contribution in [2.45, 2.75) is 38.1 Å². The summed E-state index contributed by atoms with van der Waals surface area (Å²) in [5, 5.41) is 12.6. The largest absolute Gasteiger partial charge is 0.419 e. The first-order chi connectivity index (χ1) is 11.1. The molecule has 1 aliphatic rings. The number of aromatic nitrogens is 1. The van der Waals surface area contributed by atoms with E-state index in [9.17, 15) is 14.7 Å². The van der Waals surface area contributed by atoms with Gasteiger partial charge in [0.2, 0.25) is 0 Å². The molecule has 0 radical (unpaired) electrons. The van der Waals surface area contributed by atoms with Crippen molar-refractivity contribution in [3.05, 3.63) is 34.3 Å². The third-order valence-corrected chi connectivity index (χ3v) is 4.77. The molecule has 1 aromatic heterocycles. The third-order valence-electron chi connectivity index (χ3n) is 4.77. The predicted molar refractivity (Wildman–Crippen MR) is 86.4 cm³/mol. The summed E-state index contributed by atoms with van der Waals surface area (Å²) in [7, 11) is 1.61. The molecular formula is C17H22N2O4. The molecule has 23 heavy (non-hydrogen) atoms. The van der Waals surface area contributed by atoms with E-state index in [1.54, 1.807) is 25.2 Å². The van der Waals surface area contributed by atoms with Gasteiger partial charge in [-0.05, 0) is 25.0 Å². The van der Waals surface area contributed by atoms with Crippen LogP contribution >= 0.6 is 0 Å². The zero-order valence-electron chi connectivity index (χ0n) is 13.2. The van der Waals surface area contributed by atoms with Crippen molar-refractivity contribution in [3.8, 4) is 0 Å². The smallest absolute Gasteiger partial charge is 0.407 e. The molecule has 3 rings (SSSR count). The van der Waals surface area contributed by atoms with Crippen molar-refractivity contribution in [2.24, 2.45) is 13.0 Å². The minimum atomic E-state index is -0.483. The summed E-state index contributed by atoms with van der Waals surface area (Å²) >= 11 is 0. The van der Waals surface area contributed by atoms with Crippen molar-refractivity contribution in [1.29, 1.82) is 0 Å². The van der Waals surface area contributed by atoms with Crippen LogP contribution in [0.2, 0.25) is 0 Å². The Bertz CT molecular complexity index is 762. The van der Waals surface area contributed by atoms with Gasteiger partial charge in [-0.2, -0.15) is 0 Å². The number of benzene rings is 1. The summed E-state index contributed by atoms with van der Waals surface area (Å²) in [6.45, 7) is 0.0789. The summed E-state index contributed by atoms with van der Waals surface area (Å²) in [4.78, 5) is 24.3. The lowest BCUT2D eigenvalue weighted by Gasteiger charge is -2.24. The fourth-order valence-corrected chi connectivity index (χ4v) is 3.37. The van der Waals surface area contributed by atoms with Gasteiger partial charge in [0, 0.05) is 25.6 Å². The number of rotatable bonds is 3. The Hall–Kier alpha value is -2.08. The second-order valence-corrected chi connectivity index (χ2v) is 6.24. The van der Waals surface area contributed by atoms with Crippen LogP contribution < -0.4 is 11.1 Å². The molecule has 1 aliphatic carbocycles. The Balaban J connectivity index is 1.88. The first kappa shape index (κ1) is 15.8. The molecule has 1 saturated carbocycles. The molecule has 2 N–H and O–H groups in total. The maximum Gasteiger partial charge on any atom is 0.419 e. The monoisotopic (exact) mass is 318 g/mol. The first-order valence-electron chi connectivity index (χ1n) is 8.12. The van der Waals surface area contributed by atoms with Gasteiger partial charge < -0.3 is 14.8 Å². The van der Waals surface area contributed by atoms with Crippen molar-refractivity contribution in [3.63, 3.8) is 0 Å².